The molecular formula is C11H17BrN4. The molecule has 1 aromatic heterocycles. The smallest absolute Gasteiger partial charge is 0.225 e. The monoisotopic (exact) mass is 284 g/mol. The van der Waals surface area contributed by atoms with Gasteiger partial charge < -0.3 is 4.90 Å². The van der Waals surface area contributed by atoms with E-state index >= 15 is 0 Å². The lowest BCUT2D eigenvalue weighted by molar-refractivity contribution is 0.198. The molecule has 1 aromatic rings. The van der Waals surface area contributed by atoms with E-state index in [-0.39, 0.29) is 0 Å². The van der Waals surface area contributed by atoms with Crippen molar-refractivity contribution in [3.63, 3.8) is 0 Å². The van der Waals surface area contributed by atoms with E-state index in [0.717, 1.165) is 36.6 Å². The number of anilines is 1. The van der Waals surface area contributed by atoms with Gasteiger partial charge in [0.25, 0.3) is 0 Å². The van der Waals surface area contributed by atoms with Crippen molar-refractivity contribution in [2.45, 2.75) is 19.9 Å². The third-order valence-electron chi connectivity index (χ3n) is 3.06. The van der Waals surface area contributed by atoms with Crippen LogP contribution >= 0.6 is 15.9 Å². The summed E-state index contributed by atoms with van der Waals surface area (Å²) in [6.07, 6.45) is 3.61. The molecular weight excluding hydrogens is 268 g/mol. The van der Waals surface area contributed by atoms with Crippen LogP contribution in [0.1, 0.15) is 13.8 Å². The van der Waals surface area contributed by atoms with Crippen LogP contribution in [0.5, 0.6) is 0 Å². The normalized spacial score (nSPS) is 22.4. The number of likely N-dealkylation sites (N-methyl/N-ethyl adjacent to an activating group) is 1. The van der Waals surface area contributed by atoms with Crippen molar-refractivity contribution >= 4 is 21.9 Å². The van der Waals surface area contributed by atoms with E-state index in [1.54, 1.807) is 12.4 Å². The average Bonchev–Trinajstić information content (AvgIpc) is 2.30. The molecule has 0 radical (unpaired) electrons. The molecule has 88 valence electrons. The molecule has 4 nitrogen and oxygen atoms in total. The predicted octanol–water partition coefficient (Wildman–Crippen LogP) is 1.77. The molecule has 1 fully saturated rings. The highest BCUT2D eigenvalue weighted by Gasteiger charge is 2.23. The SMILES string of the molecule is CCN1CCN(c2ncc(Br)cn2)CC1C. The van der Waals surface area contributed by atoms with Gasteiger partial charge in [-0.2, -0.15) is 0 Å². The minimum atomic E-state index is 0.575. The molecule has 0 aliphatic carbocycles. The summed E-state index contributed by atoms with van der Waals surface area (Å²) in [5.41, 5.74) is 0. The Kier molecular flexibility index (Phi) is 3.76. The minimum Gasteiger partial charge on any atom is -0.338 e. The summed E-state index contributed by atoms with van der Waals surface area (Å²) in [6.45, 7) is 8.71. The van der Waals surface area contributed by atoms with Crippen LogP contribution in [0.4, 0.5) is 5.95 Å². The van der Waals surface area contributed by atoms with Gasteiger partial charge in [0.05, 0.1) is 4.47 Å². The quantitative estimate of drug-likeness (QED) is 0.829. The summed E-state index contributed by atoms with van der Waals surface area (Å²) in [4.78, 5) is 13.4. The number of aromatic nitrogens is 2. The zero-order valence-corrected chi connectivity index (χ0v) is 11.3. The van der Waals surface area contributed by atoms with Crippen molar-refractivity contribution in [3.8, 4) is 0 Å². The molecule has 1 aliphatic heterocycles. The molecule has 1 saturated heterocycles. The second-order valence-electron chi connectivity index (χ2n) is 4.12. The number of nitrogens with zero attached hydrogens (tertiary/aromatic N) is 4. The lowest BCUT2D eigenvalue weighted by Crippen LogP contribution is -2.52. The summed E-state index contributed by atoms with van der Waals surface area (Å²) < 4.78 is 0.927. The van der Waals surface area contributed by atoms with Crippen LogP contribution in [-0.2, 0) is 0 Å². The molecule has 0 N–H and O–H groups in total. The Balaban J connectivity index is 2.04. The number of hydrogen-bond acceptors (Lipinski definition) is 4. The summed E-state index contributed by atoms with van der Waals surface area (Å²) in [7, 11) is 0. The van der Waals surface area contributed by atoms with Crippen LogP contribution in [0.2, 0.25) is 0 Å². The predicted molar refractivity (Wildman–Crippen MR) is 68.7 cm³/mol. The van der Waals surface area contributed by atoms with E-state index in [4.69, 9.17) is 0 Å². The van der Waals surface area contributed by atoms with E-state index in [9.17, 15) is 0 Å². The molecule has 5 heteroatoms. The fourth-order valence-corrected chi connectivity index (χ4v) is 2.32. The minimum absolute atomic E-state index is 0.575. The highest BCUT2D eigenvalue weighted by atomic mass is 79.9. The van der Waals surface area contributed by atoms with Crippen LogP contribution in [0.25, 0.3) is 0 Å². The largest absolute Gasteiger partial charge is 0.338 e. The van der Waals surface area contributed by atoms with Crippen LogP contribution < -0.4 is 4.90 Å². The average molecular weight is 285 g/mol. The second kappa shape index (κ2) is 5.10. The Morgan fingerprint density at radius 3 is 2.62 bits per heavy atom. The molecule has 16 heavy (non-hydrogen) atoms. The fraction of sp³-hybridized carbons (Fsp3) is 0.636. The van der Waals surface area contributed by atoms with Gasteiger partial charge in [0.1, 0.15) is 0 Å². The molecule has 0 saturated carbocycles. The maximum absolute atomic E-state index is 4.34. The van der Waals surface area contributed by atoms with E-state index < -0.39 is 0 Å². The molecule has 1 aliphatic rings. The summed E-state index contributed by atoms with van der Waals surface area (Å²) in [5, 5.41) is 0. The molecule has 0 bridgehead atoms. The maximum Gasteiger partial charge on any atom is 0.225 e. The van der Waals surface area contributed by atoms with Crippen LogP contribution in [-0.4, -0.2) is 47.1 Å². The standard InChI is InChI=1S/C11H17BrN4/c1-3-15-4-5-16(8-9(15)2)11-13-6-10(12)7-14-11/h6-7,9H,3-5,8H2,1-2H3. The number of hydrogen-bond donors (Lipinski definition) is 0. The fourth-order valence-electron chi connectivity index (χ4n) is 2.12. The van der Waals surface area contributed by atoms with Gasteiger partial charge in [-0.05, 0) is 29.4 Å². The summed E-state index contributed by atoms with van der Waals surface area (Å²) >= 11 is 3.35. The molecule has 0 aromatic carbocycles. The summed E-state index contributed by atoms with van der Waals surface area (Å²) in [5.74, 6) is 0.839. The zero-order chi connectivity index (χ0) is 11.5. The first kappa shape index (κ1) is 11.8. The van der Waals surface area contributed by atoms with Gasteiger partial charge in [0, 0.05) is 38.1 Å². The molecule has 2 rings (SSSR count). The third-order valence-corrected chi connectivity index (χ3v) is 3.47. The Morgan fingerprint density at radius 1 is 1.38 bits per heavy atom. The van der Waals surface area contributed by atoms with Gasteiger partial charge in [0.2, 0.25) is 5.95 Å². The van der Waals surface area contributed by atoms with E-state index in [2.05, 4.69) is 49.5 Å². The highest BCUT2D eigenvalue weighted by Crippen LogP contribution is 2.15. The lowest BCUT2D eigenvalue weighted by Gasteiger charge is -2.39. The second-order valence-corrected chi connectivity index (χ2v) is 5.04. The van der Waals surface area contributed by atoms with Crippen LogP contribution in [0, 0.1) is 0 Å². The van der Waals surface area contributed by atoms with Crippen molar-refractivity contribution in [3.05, 3.63) is 16.9 Å². The molecule has 2 heterocycles. The van der Waals surface area contributed by atoms with E-state index in [1.165, 1.54) is 0 Å². The van der Waals surface area contributed by atoms with Crippen molar-refractivity contribution < 1.29 is 0 Å². The van der Waals surface area contributed by atoms with Crippen molar-refractivity contribution in [2.75, 3.05) is 31.1 Å². The van der Waals surface area contributed by atoms with Gasteiger partial charge in [-0.3, -0.25) is 4.90 Å². The molecule has 0 amide bonds. The maximum atomic E-state index is 4.34. The number of rotatable bonds is 2. The Labute approximate surface area is 105 Å². The first-order valence-electron chi connectivity index (χ1n) is 5.67. The first-order chi connectivity index (χ1) is 7.70. The third kappa shape index (κ3) is 2.52. The van der Waals surface area contributed by atoms with Crippen LogP contribution in [0.3, 0.4) is 0 Å². The van der Waals surface area contributed by atoms with Gasteiger partial charge in [-0.15, -0.1) is 0 Å². The topological polar surface area (TPSA) is 32.3 Å². The molecule has 0 spiro atoms. The van der Waals surface area contributed by atoms with E-state index in [1.807, 2.05) is 0 Å². The molecule has 1 atom stereocenters. The Bertz CT molecular complexity index is 340. The first-order valence-corrected chi connectivity index (χ1v) is 6.46. The number of piperazine rings is 1. The van der Waals surface area contributed by atoms with Gasteiger partial charge in [0.15, 0.2) is 0 Å². The van der Waals surface area contributed by atoms with Gasteiger partial charge in [-0.1, -0.05) is 6.92 Å². The summed E-state index contributed by atoms with van der Waals surface area (Å²) in [6, 6.07) is 0.575. The zero-order valence-electron chi connectivity index (χ0n) is 9.73. The number of halogens is 1. The van der Waals surface area contributed by atoms with Crippen molar-refractivity contribution in [2.24, 2.45) is 0 Å². The van der Waals surface area contributed by atoms with Crippen molar-refractivity contribution in [1.29, 1.82) is 0 Å². The lowest BCUT2D eigenvalue weighted by atomic mass is 10.2. The van der Waals surface area contributed by atoms with Gasteiger partial charge >= 0.3 is 0 Å². The highest BCUT2D eigenvalue weighted by molar-refractivity contribution is 9.10. The van der Waals surface area contributed by atoms with E-state index in [0.29, 0.717) is 6.04 Å². The Morgan fingerprint density at radius 2 is 2.06 bits per heavy atom. The van der Waals surface area contributed by atoms with Gasteiger partial charge in [-0.25, -0.2) is 9.97 Å². The van der Waals surface area contributed by atoms with Crippen molar-refractivity contribution in [1.82, 2.24) is 14.9 Å². The molecule has 1 unspecified atom stereocenters. The van der Waals surface area contributed by atoms with Crippen LogP contribution in [0.15, 0.2) is 16.9 Å². The Hall–Kier alpha value is -0.680.